The number of aliphatic hydroxyl groups is 1. The number of aliphatic hydroxyl groups excluding tert-OH is 1. The Morgan fingerprint density at radius 3 is 2.62 bits per heavy atom. The van der Waals surface area contributed by atoms with E-state index >= 15 is 0 Å². The Bertz CT molecular complexity index is 395. The lowest BCUT2D eigenvalue weighted by Crippen LogP contribution is -2.65. The van der Waals surface area contributed by atoms with Gasteiger partial charge in [-0.05, 0) is 6.42 Å². The van der Waals surface area contributed by atoms with Gasteiger partial charge in [0.25, 0.3) is 0 Å². The van der Waals surface area contributed by atoms with Crippen molar-refractivity contribution in [3.63, 3.8) is 0 Å². The van der Waals surface area contributed by atoms with Crippen LogP contribution in [0.3, 0.4) is 0 Å². The molecule has 2 N–H and O–H groups in total. The highest BCUT2D eigenvalue weighted by Gasteiger charge is 2.45. The maximum absolute atomic E-state index is 11.7. The van der Waals surface area contributed by atoms with Gasteiger partial charge in [-0.2, -0.15) is 4.31 Å². The lowest BCUT2D eigenvalue weighted by Gasteiger charge is -2.46. The molecule has 2 fully saturated rings. The zero-order valence-corrected chi connectivity index (χ0v) is 9.43. The van der Waals surface area contributed by atoms with E-state index < -0.39 is 22.2 Å². The quantitative estimate of drug-likeness (QED) is 0.605. The lowest BCUT2D eigenvalue weighted by atomic mass is 10.1. The minimum absolute atomic E-state index is 0.0437. The van der Waals surface area contributed by atoms with Crippen LogP contribution in [0.5, 0.6) is 0 Å². The molecule has 0 aromatic heterocycles. The summed E-state index contributed by atoms with van der Waals surface area (Å²) in [4.78, 5) is 12.2. The van der Waals surface area contributed by atoms with Crippen LogP contribution in [0.15, 0.2) is 0 Å². The summed E-state index contributed by atoms with van der Waals surface area (Å²) < 4.78 is 24.6. The van der Waals surface area contributed by atoms with E-state index in [1.807, 2.05) is 0 Å². The van der Waals surface area contributed by atoms with Crippen molar-refractivity contribution in [2.45, 2.75) is 18.5 Å². The predicted octanol–water partition coefficient (Wildman–Crippen LogP) is -1.25. The smallest absolute Gasteiger partial charge is 0.407 e. The highest BCUT2D eigenvalue weighted by molar-refractivity contribution is 7.89. The standard InChI is InChI=1S/C8H14N2O5S/c11-5-7-3-9(8(12)13)6-1-2-16(14,15)10(7)4-6/h6-7,11H,1-5H2,(H,12,13). The van der Waals surface area contributed by atoms with Gasteiger partial charge in [-0.15, -0.1) is 0 Å². The maximum atomic E-state index is 11.7. The zero-order chi connectivity index (χ0) is 11.9. The minimum atomic E-state index is -3.31. The largest absolute Gasteiger partial charge is 0.465 e. The van der Waals surface area contributed by atoms with Gasteiger partial charge >= 0.3 is 6.09 Å². The molecular formula is C8H14N2O5S. The van der Waals surface area contributed by atoms with Gasteiger partial charge in [0.2, 0.25) is 10.0 Å². The van der Waals surface area contributed by atoms with Crippen LogP contribution >= 0.6 is 0 Å². The number of fused-ring (bicyclic) bond motifs is 2. The van der Waals surface area contributed by atoms with Gasteiger partial charge in [-0.25, -0.2) is 13.2 Å². The number of piperazine rings is 1. The molecule has 2 aliphatic rings. The van der Waals surface area contributed by atoms with Crippen molar-refractivity contribution in [3.8, 4) is 0 Å². The van der Waals surface area contributed by atoms with Gasteiger partial charge in [0.15, 0.2) is 0 Å². The normalized spacial score (nSPS) is 37.1. The second-order valence-electron chi connectivity index (χ2n) is 4.10. The summed E-state index contributed by atoms with van der Waals surface area (Å²) in [6.45, 7) is -0.134. The average Bonchev–Trinajstić information content (AvgIpc) is 2.23. The SMILES string of the molecule is O=C(O)N1CC(CO)N2CC1CCS2(=O)=O. The van der Waals surface area contributed by atoms with Gasteiger partial charge in [0.05, 0.1) is 18.4 Å². The Balaban J connectivity index is 2.27. The highest BCUT2D eigenvalue weighted by Crippen LogP contribution is 2.26. The van der Waals surface area contributed by atoms with Crippen molar-refractivity contribution in [2.24, 2.45) is 0 Å². The Morgan fingerprint density at radius 2 is 2.06 bits per heavy atom. The number of carboxylic acid groups (broad SMARTS) is 1. The average molecular weight is 250 g/mol. The van der Waals surface area contributed by atoms with Gasteiger partial charge in [-0.3, -0.25) is 0 Å². The lowest BCUT2D eigenvalue weighted by molar-refractivity contribution is 0.0413. The van der Waals surface area contributed by atoms with E-state index in [4.69, 9.17) is 10.2 Å². The molecule has 3 unspecified atom stereocenters. The van der Waals surface area contributed by atoms with Crippen LogP contribution in [0.25, 0.3) is 0 Å². The van der Waals surface area contributed by atoms with Crippen molar-refractivity contribution in [3.05, 3.63) is 0 Å². The summed E-state index contributed by atoms with van der Waals surface area (Å²) in [7, 11) is -3.31. The van der Waals surface area contributed by atoms with E-state index in [0.29, 0.717) is 6.42 Å². The van der Waals surface area contributed by atoms with E-state index in [1.165, 1.54) is 9.21 Å². The van der Waals surface area contributed by atoms with Crippen molar-refractivity contribution >= 4 is 16.1 Å². The third-order valence-electron chi connectivity index (χ3n) is 3.17. The van der Waals surface area contributed by atoms with Crippen LogP contribution in [0.1, 0.15) is 6.42 Å². The molecule has 0 aromatic rings. The van der Waals surface area contributed by atoms with E-state index in [1.54, 1.807) is 0 Å². The molecule has 16 heavy (non-hydrogen) atoms. The topological polar surface area (TPSA) is 98.1 Å². The fourth-order valence-electron chi connectivity index (χ4n) is 2.30. The Morgan fingerprint density at radius 1 is 1.38 bits per heavy atom. The van der Waals surface area contributed by atoms with Crippen molar-refractivity contribution < 1.29 is 23.4 Å². The Labute approximate surface area is 93.3 Å². The van der Waals surface area contributed by atoms with Crippen molar-refractivity contribution in [1.82, 2.24) is 9.21 Å². The molecule has 7 nitrogen and oxygen atoms in total. The summed E-state index contributed by atoms with van der Waals surface area (Å²) in [5.41, 5.74) is 0. The number of sulfonamides is 1. The summed E-state index contributed by atoms with van der Waals surface area (Å²) in [5.74, 6) is -0.0437. The second kappa shape index (κ2) is 3.86. The van der Waals surface area contributed by atoms with Crippen LogP contribution in [-0.4, -0.2) is 71.5 Å². The van der Waals surface area contributed by atoms with Crippen LogP contribution in [-0.2, 0) is 10.0 Å². The van der Waals surface area contributed by atoms with Crippen LogP contribution in [0, 0.1) is 0 Å². The van der Waals surface area contributed by atoms with Crippen LogP contribution in [0.4, 0.5) is 4.79 Å². The molecule has 92 valence electrons. The summed E-state index contributed by atoms with van der Waals surface area (Å²) in [6.07, 6.45) is -0.717. The number of carbonyl (C=O) groups is 1. The van der Waals surface area contributed by atoms with E-state index in [2.05, 4.69) is 0 Å². The third-order valence-corrected chi connectivity index (χ3v) is 5.08. The third kappa shape index (κ3) is 1.76. The predicted molar refractivity (Wildman–Crippen MR) is 54.5 cm³/mol. The van der Waals surface area contributed by atoms with Gasteiger partial charge in [-0.1, -0.05) is 0 Å². The number of rotatable bonds is 1. The fraction of sp³-hybridized carbons (Fsp3) is 0.875. The molecule has 0 aliphatic carbocycles. The van der Waals surface area contributed by atoms with Crippen molar-refractivity contribution in [1.29, 1.82) is 0 Å². The Kier molecular flexibility index (Phi) is 2.81. The molecular weight excluding hydrogens is 236 g/mol. The molecule has 0 aromatic carbocycles. The monoisotopic (exact) mass is 250 g/mol. The first kappa shape index (κ1) is 11.6. The van der Waals surface area contributed by atoms with Crippen molar-refractivity contribution in [2.75, 3.05) is 25.4 Å². The summed E-state index contributed by atoms with van der Waals surface area (Å²) in [6, 6.07) is -0.915. The molecule has 3 atom stereocenters. The molecule has 0 saturated carbocycles. The van der Waals surface area contributed by atoms with Gasteiger partial charge in [0, 0.05) is 19.1 Å². The maximum Gasteiger partial charge on any atom is 0.407 e. The van der Waals surface area contributed by atoms with Crippen LogP contribution in [0.2, 0.25) is 0 Å². The molecule has 2 rings (SSSR count). The molecule has 2 bridgehead atoms. The Hall–Kier alpha value is -0.860. The molecule has 2 saturated heterocycles. The number of hydrogen-bond donors (Lipinski definition) is 2. The molecule has 2 aliphatic heterocycles. The molecule has 1 amide bonds. The first-order chi connectivity index (χ1) is 7.45. The molecule has 0 spiro atoms. The first-order valence-corrected chi connectivity index (χ1v) is 6.66. The molecule has 8 heteroatoms. The minimum Gasteiger partial charge on any atom is -0.465 e. The zero-order valence-electron chi connectivity index (χ0n) is 8.61. The van der Waals surface area contributed by atoms with Gasteiger partial charge < -0.3 is 15.1 Å². The first-order valence-electron chi connectivity index (χ1n) is 5.05. The second-order valence-corrected chi connectivity index (χ2v) is 6.14. The summed E-state index contributed by atoms with van der Waals surface area (Å²) in [5, 5.41) is 18.1. The van der Waals surface area contributed by atoms with E-state index in [-0.39, 0.29) is 31.5 Å². The fourth-order valence-corrected chi connectivity index (χ4v) is 4.09. The summed E-state index contributed by atoms with van der Waals surface area (Å²) >= 11 is 0. The number of hydrogen-bond acceptors (Lipinski definition) is 4. The van der Waals surface area contributed by atoms with E-state index in [9.17, 15) is 13.2 Å². The van der Waals surface area contributed by atoms with E-state index in [0.717, 1.165) is 0 Å². The highest BCUT2D eigenvalue weighted by atomic mass is 32.2. The van der Waals surface area contributed by atoms with Gasteiger partial charge in [0.1, 0.15) is 0 Å². The molecule has 2 heterocycles. The van der Waals surface area contributed by atoms with Crippen LogP contribution < -0.4 is 0 Å². The number of amides is 1. The number of nitrogens with zero attached hydrogens (tertiary/aromatic N) is 2. The molecule has 0 radical (unpaired) electrons.